The van der Waals surface area contributed by atoms with E-state index in [2.05, 4.69) is 5.32 Å². The summed E-state index contributed by atoms with van der Waals surface area (Å²) >= 11 is 0. The number of benzene rings is 2. The molecule has 0 aliphatic rings. The monoisotopic (exact) mass is 403 g/mol. The molecule has 0 spiro atoms. The van der Waals surface area contributed by atoms with Gasteiger partial charge in [-0.1, -0.05) is 34.6 Å². The van der Waals surface area contributed by atoms with Gasteiger partial charge in [0.25, 0.3) is 0 Å². The summed E-state index contributed by atoms with van der Waals surface area (Å²) in [5.74, 6) is -2.27. The van der Waals surface area contributed by atoms with Crippen LogP contribution < -0.4 is 14.8 Å². The van der Waals surface area contributed by atoms with Crippen LogP contribution in [0.25, 0.3) is 10.8 Å². The maximum atomic E-state index is 12.2. The topological polar surface area (TPSA) is 105 Å². The van der Waals surface area contributed by atoms with Crippen LogP contribution in [0.3, 0.4) is 0 Å². The van der Waals surface area contributed by atoms with E-state index >= 15 is 0 Å². The fourth-order valence-corrected chi connectivity index (χ4v) is 2.85. The molecule has 0 aliphatic carbocycles. The van der Waals surface area contributed by atoms with Crippen LogP contribution in [0.5, 0.6) is 23.0 Å². The molecule has 0 amide bonds. The molecular formula is C22H29NO6. The molecule has 2 aromatic rings. The number of ether oxygens (including phenoxy) is 2. The van der Waals surface area contributed by atoms with Crippen LogP contribution in [0.1, 0.15) is 45.7 Å². The Morgan fingerprint density at radius 2 is 1.59 bits per heavy atom. The number of phenols is 2. The molecule has 0 unspecified atom stereocenters. The quantitative estimate of drug-likeness (QED) is 0.367. The summed E-state index contributed by atoms with van der Waals surface area (Å²) < 4.78 is 11.0. The van der Waals surface area contributed by atoms with Gasteiger partial charge in [0.1, 0.15) is 5.75 Å². The fraction of sp³-hybridized carbons (Fsp3) is 0.455. The van der Waals surface area contributed by atoms with Crippen molar-refractivity contribution in [3.63, 3.8) is 0 Å². The van der Waals surface area contributed by atoms with Crippen LogP contribution in [0.2, 0.25) is 0 Å². The van der Waals surface area contributed by atoms with Gasteiger partial charge in [-0.15, -0.1) is 0 Å². The van der Waals surface area contributed by atoms with Gasteiger partial charge in [0.15, 0.2) is 11.5 Å². The molecule has 3 N–H and O–H groups in total. The highest BCUT2D eigenvalue weighted by atomic mass is 16.5. The second-order valence-electron chi connectivity index (χ2n) is 7.55. The lowest BCUT2D eigenvalue weighted by atomic mass is 9.96. The summed E-state index contributed by atoms with van der Waals surface area (Å²) in [6, 6.07) is 3.22. The third-order valence-corrected chi connectivity index (χ3v) is 4.59. The van der Waals surface area contributed by atoms with Crippen LogP contribution >= 0.6 is 0 Å². The molecule has 0 aliphatic heterocycles. The van der Waals surface area contributed by atoms with Gasteiger partial charge in [-0.2, -0.15) is 0 Å². The second-order valence-corrected chi connectivity index (χ2v) is 7.55. The van der Waals surface area contributed by atoms with Crippen LogP contribution in [0, 0.1) is 18.8 Å². The average molecular weight is 403 g/mol. The second kappa shape index (κ2) is 9.13. The van der Waals surface area contributed by atoms with E-state index in [1.54, 1.807) is 46.8 Å². The number of nitrogens with one attached hydrogen (secondary N) is 1. The number of carbonyl (C=O) groups is 2. The number of fused-ring (bicyclic) bond motifs is 1. The number of carbonyl (C=O) groups excluding carboxylic acids is 2. The van der Waals surface area contributed by atoms with E-state index in [1.165, 1.54) is 0 Å². The lowest BCUT2D eigenvalue weighted by molar-refractivity contribution is -0.138. The van der Waals surface area contributed by atoms with Gasteiger partial charge in [-0.25, -0.2) is 0 Å². The normalized spacial score (nSPS) is 11.3. The summed E-state index contributed by atoms with van der Waals surface area (Å²) in [6.45, 7) is 11.5. The molecule has 0 saturated heterocycles. The first-order chi connectivity index (χ1) is 13.6. The Balaban J connectivity index is 2.78. The lowest BCUT2D eigenvalue weighted by Gasteiger charge is -2.20. The van der Waals surface area contributed by atoms with Gasteiger partial charge in [-0.05, 0) is 25.6 Å². The van der Waals surface area contributed by atoms with E-state index in [0.29, 0.717) is 40.7 Å². The molecule has 7 nitrogen and oxygen atoms in total. The van der Waals surface area contributed by atoms with E-state index in [4.69, 9.17) is 9.47 Å². The van der Waals surface area contributed by atoms with E-state index in [9.17, 15) is 19.8 Å². The van der Waals surface area contributed by atoms with Gasteiger partial charge >= 0.3 is 11.9 Å². The maximum absolute atomic E-state index is 12.2. The molecule has 0 heterocycles. The lowest BCUT2D eigenvalue weighted by Crippen LogP contribution is -2.19. The van der Waals surface area contributed by atoms with Crippen molar-refractivity contribution in [2.45, 2.75) is 48.1 Å². The molecule has 158 valence electrons. The molecule has 29 heavy (non-hydrogen) atoms. The number of rotatable bonds is 7. The Labute approximate surface area is 170 Å². The van der Waals surface area contributed by atoms with Crippen molar-refractivity contribution >= 4 is 22.7 Å². The minimum absolute atomic E-state index is 0.110. The highest BCUT2D eigenvalue weighted by molar-refractivity contribution is 6.00. The highest BCUT2D eigenvalue weighted by Gasteiger charge is 2.25. The highest BCUT2D eigenvalue weighted by Crippen LogP contribution is 2.48. The molecule has 2 rings (SSSR count). The Bertz CT molecular complexity index is 933. The first kappa shape index (κ1) is 22.5. The summed E-state index contributed by atoms with van der Waals surface area (Å²) in [4.78, 5) is 24.3. The predicted octanol–water partition coefficient (Wildman–Crippen LogP) is 3.79. The molecule has 0 bridgehead atoms. The molecule has 0 fully saturated rings. The maximum Gasteiger partial charge on any atom is 0.313 e. The summed E-state index contributed by atoms with van der Waals surface area (Å²) in [6.07, 6.45) is 0. The van der Waals surface area contributed by atoms with Crippen LogP contribution in [-0.2, 0) is 16.1 Å². The number of hydrogen-bond donors (Lipinski definition) is 3. The summed E-state index contributed by atoms with van der Waals surface area (Å²) in [7, 11) is 0. The average Bonchev–Trinajstić information content (AvgIpc) is 2.67. The Kier molecular flexibility index (Phi) is 7.08. The van der Waals surface area contributed by atoms with Crippen molar-refractivity contribution in [1.82, 2.24) is 5.32 Å². The van der Waals surface area contributed by atoms with Gasteiger partial charge in [0, 0.05) is 28.4 Å². The van der Waals surface area contributed by atoms with Crippen LogP contribution in [-0.4, -0.2) is 28.7 Å². The van der Waals surface area contributed by atoms with Gasteiger partial charge in [-0.3, -0.25) is 9.59 Å². The van der Waals surface area contributed by atoms with Crippen molar-refractivity contribution in [3.8, 4) is 23.0 Å². The number of aromatic hydroxyl groups is 2. The third kappa shape index (κ3) is 4.62. The molecule has 0 aromatic heterocycles. The first-order valence-corrected chi connectivity index (χ1v) is 9.74. The van der Waals surface area contributed by atoms with Gasteiger partial charge < -0.3 is 25.0 Å². The minimum atomic E-state index is -0.534. The first-order valence-electron chi connectivity index (χ1n) is 9.74. The minimum Gasteiger partial charge on any atom is -0.504 e. The molecule has 0 atom stereocenters. The standard InChI is InChI=1S/C22H29NO6/c1-7-23-10-15-16(28-21(26)11(2)3)9-8-14-17(15)13(6)18(24)19(25)20(14)29-22(27)12(4)5/h8-9,11-12,23-25H,7,10H2,1-6H3. The largest absolute Gasteiger partial charge is 0.504 e. The number of hydrogen-bond acceptors (Lipinski definition) is 7. The van der Waals surface area contributed by atoms with E-state index < -0.39 is 17.6 Å². The summed E-state index contributed by atoms with van der Waals surface area (Å²) in [5.41, 5.74) is 1.03. The summed E-state index contributed by atoms with van der Waals surface area (Å²) in [5, 5.41) is 25.1. The van der Waals surface area contributed by atoms with Crippen LogP contribution in [0.4, 0.5) is 0 Å². The number of aryl methyl sites for hydroxylation is 1. The van der Waals surface area contributed by atoms with Gasteiger partial charge in [0.2, 0.25) is 5.75 Å². The zero-order valence-corrected chi connectivity index (χ0v) is 17.8. The fourth-order valence-electron chi connectivity index (χ4n) is 2.85. The van der Waals surface area contributed by atoms with Crippen LogP contribution in [0.15, 0.2) is 12.1 Å². The Morgan fingerprint density at radius 1 is 1.00 bits per heavy atom. The molecule has 7 heteroatoms. The van der Waals surface area contributed by atoms with Gasteiger partial charge in [0.05, 0.1) is 11.8 Å². The SMILES string of the molecule is CCNCc1c(OC(=O)C(C)C)ccc2c(OC(=O)C(C)C)c(O)c(O)c(C)c12. The van der Waals surface area contributed by atoms with Crippen molar-refractivity contribution in [2.75, 3.05) is 6.54 Å². The van der Waals surface area contributed by atoms with Crippen molar-refractivity contribution in [1.29, 1.82) is 0 Å². The van der Waals surface area contributed by atoms with E-state index in [-0.39, 0.29) is 23.4 Å². The number of phenolic OH excluding ortho intramolecular Hbond substituents is 2. The van der Waals surface area contributed by atoms with E-state index in [0.717, 1.165) is 0 Å². The molecule has 2 aromatic carbocycles. The molecular weight excluding hydrogens is 374 g/mol. The Hall–Kier alpha value is -2.80. The van der Waals surface area contributed by atoms with Crippen molar-refractivity contribution < 1.29 is 29.3 Å². The smallest absolute Gasteiger partial charge is 0.313 e. The molecule has 0 radical (unpaired) electrons. The van der Waals surface area contributed by atoms with Crippen molar-refractivity contribution in [3.05, 3.63) is 23.3 Å². The Morgan fingerprint density at radius 3 is 2.14 bits per heavy atom. The zero-order valence-electron chi connectivity index (χ0n) is 17.8. The van der Waals surface area contributed by atoms with E-state index in [1.807, 2.05) is 6.92 Å². The number of esters is 2. The zero-order chi connectivity index (χ0) is 21.9. The van der Waals surface area contributed by atoms with Crippen molar-refractivity contribution in [2.24, 2.45) is 11.8 Å². The molecule has 0 saturated carbocycles. The third-order valence-electron chi connectivity index (χ3n) is 4.59. The predicted molar refractivity (Wildman–Crippen MR) is 110 cm³/mol.